The van der Waals surface area contributed by atoms with Crippen molar-refractivity contribution in [2.24, 2.45) is 5.92 Å². The molecule has 0 bridgehead atoms. The molecule has 19 heavy (non-hydrogen) atoms. The second-order valence-electron chi connectivity index (χ2n) is 4.95. The first kappa shape index (κ1) is 14.3. The lowest BCUT2D eigenvalue weighted by Crippen LogP contribution is -2.21. The summed E-state index contributed by atoms with van der Waals surface area (Å²) in [4.78, 5) is 13.0. The van der Waals surface area contributed by atoms with Crippen LogP contribution in [0.15, 0.2) is 22.7 Å². The Balaban J connectivity index is 1.97. The Hall–Kier alpha value is -1.07. The Morgan fingerprint density at radius 2 is 2.37 bits per heavy atom. The molecule has 1 atom stereocenters. The van der Waals surface area contributed by atoms with E-state index >= 15 is 0 Å². The van der Waals surface area contributed by atoms with Crippen LogP contribution in [0.3, 0.4) is 0 Å². The van der Waals surface area contributed by atoms with Crippen LogP contribution in [-0.2, 0) is 11.3 Å². The Labute approximate surface area is 121 Å². The van der Waals surface area contributed by atoms with Gasteiger partial charge in [0.2, 0.25) is 0 Å². The zero-order valence-corrected chi connectivity index (χ0v) is 12.5. The minimum absolute atomic E-state index is 0.274. The van der Waals surface area contributed by atoms with Gasteiger partial charge in [0, 0.05) is 24.0 Å². The molecule has 104 valence electrons. The molecule has 1 saturated heterocycles. The van der Waals surface area contributed by atoms with Gasteiger partial charge in [-0.15, -0.1) is 0 Å². The van der Waals surface area contributed by atoms with Crippen LogP contribution < -0.4 is 4.74 Å². The molecule has 1 aromatic rings. The van der Waals surface area contributed by atoms with E-state index in [4.69, 9.17) is 9.84 Å². The molecule has 0 spiro atoms. The molecule has 1 fully saturated rings. The molecule has 0 radical (unpaired) electrons. The second kappa shape index (κ2) is 6.39. The summed E-state index contributed by atoms with van der Waals surface area (Å²) in [6, 6.07) is 5.93. The SMILES string of the molecule is COc1ccc(Br)c(CN2CCC(CC(=O)O)C2)c1. The Morgan fingerprint density at radius 1 is 1.58 bits per heavy atom. The number of carbonyl (C=O) groups is 1. The van der Waals surface area contributed by atoms with Crippen molar-refractivity contribution in [1.82, 2.24) is 4.90 Å². The number of carboxylic acids is 1. The molecule has 1 aliphatic rings. The van der Waals surface area contributed by atoms with Crippen molar-refractivity contribution in [3.63, 3.8) is 0 Å². The lowest BCUT2D eigenvalue weighted by molar-refractivity contribution is -0.138. The predicted molar refractivity (Wildman–Crippen MR) is 76.3 cm³/mol. The summed E-state index contributed by atoms with van der Waals surface area (Å²) in [7, 11) is 1.66. The average molecular weight is 328 g/mol. The van der Waals surface area contributed by atoms with Crippen molar-refractivity contribution in [2.75, 3.05) is 20.2 Å². The Bertz CT molecular complexity index is 464. The first-order chi connectivity index (χ1) is 9.08. The third-order valence-corrected chi connectivity index (χ3v) is 4.25. The normalized spacial score (nSPS) is 19.6. The van der Waals surface area contributed by atoms with Gasteiger partial charge in [0.1, 0.15) is 5.75 Å². The molecule has 1 heterocycles. The molecule has 0 amide bonds. The van der Waals surface area contributed by atoms with E-state index < -0.39 is 5.97 Å². The fourth-order valence-electron chi connectivity index (χ4n) is 2.51. The fourth-order valence-corrected chi connectivity index (χ4v) is 2.88. The summed E-state index contributed by atoms with van der Waals surface area (Å²) in [6.45, 7) is 2.64. The quantitative estimate of drug-likeness (QED) is 0.903. The van der Waals surface area contributed by atoms with Gasteiger partial charge in [0.25, 0.3) is 0 Å². The molecular formula is C14H18BrNO3. The molecule has 1 N–H and O–H groups in total. The smallest absolute Gasteiger partial charge is 0.303 e. The summed E-state index contributed by atoms with van der Waals surface area (Å²) in [5, 5.41) is 8.82. The minimum atomic E-state index is -0.700. The molecule has 1 unspecified atom stereocenters. The van der Waals surface area contributed by atoms with E-state index in [2.05, 4.69) is 20.8 Å². The van der Waals surface area contributed by atoms with Gasteiger partial charge < -0.3 is 9.84 Å². The van der Waals surface area contributed by atoms with Crippen molar-refractivity contribution in [3.8, 4) is 5.75 Å². The molecule has 5 heteroatoms. The highest BCUT2D eigenvalue weighted by Gasteiger charge is 2.24. The number of likely N-dealkylation sites (tertiary alicyclic amines) is 1. The van der Waals surface area contributed by atoms with Gasteiger partial charge in [-0.05, 0) is 42.6 Å². The van der Waals surface area contributed by atoms with E-state index in [1.54, 1.807) is 7.11 Å². The van der Waals surface area contributed by atoms with Crippen LogP contribution in [0.1, 0.15) is 18.4 Å². The van der Waals surface area contributed by atoms with Gasteiger partial charge in [-0.2, -0.15) is 0 Å². The van der Waals surface area contributed by atoms with Crippen molar-refractivity contribution in [1.29, 1.82) is 0 Å². The van der Waals surface area contributed by atoms with E-state index in [1.165, 1.54) is 5.56 Å². The number of halogens is 1. The highest BCUT2D eigenvalue weighted by molar-refractivity contribution is 9.10. The molecule has 0 saturated carbocycles. The molecule has 1 aromatic carbocycles. The van der Waals surface area contributed by atoms with Gasteiger partial charge in [-0.3, -0.25) is 9.69 Å². The van der Waals surface area contributed by atoms with Gasteiger partial charge in [0.05, 0.1) is 7.11 Å². The average Bonchev–Trinajstić information content (AvgIpc) is 2.78. The van der Waals surface area contributed by atoms with E-state index in [1.807, 2.05) is 18.2 Å². The summed E-state index contributed by atoms with van der Waals surface area (Å²) >= 11 is 3.55. The van der Waals surface area contributed by atoms with Gasteiger partial charge in [0.15, 0.2) is 0 Å². The number of nitrogens with zero attached hydrogens (tertiary/aromatic N) is 1. The maximum absolute atomic E-state index is 10.7. The lowest BCUT2D eigenvalue weighted by Gasteiger charge is -2.17. The topological polar surface area (TPSA) is 49.8 Å². The highest BCUT2D eigenvalue weighted by atomic mass is 79.9. The molecular weight excluding hydrogens is 310 g/mol. The largest absolute Gasteiger partial charge is 0.497 e. The zero-order chi connectivity index (χ0) is 13.8. The van der Waals surface area contributed by atoms with Crippen molar-refractivity contribution < 1.29 is 14.6 Å². The van der Waals surface area contributed by atoms with Gasteiger partial charge in [-0.25, -0.2) is 0 Å². The third kappa shape index (κ3) is 3.94. The van der Waals surface area contributed by atoms with Crippen LogP contribution in [0.5, 0.6) is 5.75 Å². The highest BCUT2D eigenvalue weighted by Crippen LogP contribution is 2.27. The maximum atomic E-state index is 10.7. The predicted octanol–water partition coefficient (Wildman–Crippen LogP) is 2.75. The van der Waals surface area contributed by atoms with Crippen LogP contribution in [0.2, 0.25) is 0 Å². The standard InChI is InChI=1S/C14H18BrNO3/c1-19-12-2-3-13(15)11(7-12)9-16-5-4-10(8-16)6-14(17)18/h2-3,7,10H,4-6,8-9H2,1H3,(H,17,18). The van der Waals surface area contributed by atoms with Crippen LogP contribution in [-0.4, -0.2) is 36.2 Å². The zero-order valence-electron chi connectivity index (χ0n) is 10.9. The molecule has 0 aliphatic carbocycles. The number of methoxy groups -OCH3 is 1. The number of aliphatic carboxylic acids is 1. The van der Waals surface area contributed by atoms with Crippen LogP contribution >= 0.6 is 15.9 Å². The van der Waals surface area contributed by atoms with Crippen molar-refractivity contribution in [3.05, 3.63) is 28.2 Å². The van der Waals surface area contributed by atoms with E-state index in [0.29, 0.717) is 0 Å². The summed E-state index contributed by atoms with van der Waals surface area (Å²) in [6.07, 6.45) is 1.24. The van der Waals surface area contributed by atoms with Crippen LogP contribution in [0, 0.1) is 5.92 Å². The number of carboxylic acid groups (broad SMARTS) is 1. The van der Waals surface area contributed by atoms with Crippen LogP contribution in [0.25, 0.3) is 0 Å². The number of rotatable bonds is 5. The first-order valence-electron chi connectivity index (χ1n) is 6.35. The van der Waals surface area contributed by atoms with Crippen molar-refractivity contribution in [2.45, 2.75) is 19.4 Å². The first-order valence-corrected chi connectivity index (χ1v) is 7.14. The molecule has 2 rings (SSSR count). The third-order valence-electron chi connectivity index (χ3n) is 3.48. The number of hydrogen-bond donors (Lipinski definition) is 1. The monoisotopic (exact) mass is 327 g/mol. The second-order valence-corrected chi connectivity index (χ2v) is 5.80. The Morgan fingerprint density at radius 3 is 3.05 bits per heavy atom. The van der Waals surface area contributed by atoms with E-state index in [-0.39, 0.29) is 12.3 Å². The van der Waals surface area contributed by atoms with E-state index in [9.17, 15) is 4.79 Å². The van der Waals surface area contributed by atoms with Crippen LogP contribution in [0.4, 0.5) is 0 Å². The minimum Gasteiger partial charge on any atom is -0.497 e. The van der Waals surface area contributed by atoms with E-state index in [0.717, 1.165) is 36.3 Å². The summed E-state index contributed by atoms with van der Waals surface area (Å²) in [5.74, 6) is 0.427. The van der Waals surface area contributed by atoms with Gasteiger partial charge in [-0.1, -0.05) is 15.9 Å². The van der Waals surface area contributed by atoms with Crippen molar-refractivity contribution >= 4 is 21.9 Å². The number of benzene rings is 1. The molecule has 4 nitrogen and oxygen atoms in total. The lowest BCUT2D eigenvalue weighted by atomic mass is 10.1. The summed E-state index contributed by atoms with van der Waals surface area (Å²) in [5.41, 5.74) is 1.18. The Kier molecular flexibility index (Phi) is 4.82. The molecule has 1 aliphatic heterocycles. The fraction of sp³-hybridized carbons (Fsp3) is 0.500. The number of hydrogen-bond acceptors (Lipinski definition) is 3. The molecule has 0 aromatic heterocycles. The summed E-state index contributed by atoms with van der Waals surface area (Å²) < 4.78 is 6.30. The number of ether oxygens (including phenoxy) is 1. The van der Waals surface area contributed by atoms with Gasteiger partial charge >= 0.3 is 5.97 Å². The maximum Gasteiger partial charge on any atom is 0.303 e.